The molecule has 0 spiro atoms. The normalized spacial score (nSPS) is 14.4. The van der Waals surface area contributed by atoms with E-state index in [-0.39, 0.29) is 25.4 Å². The van der Waals surface area contributed by atoms with Crippen molar-refractivity contribution in [1.29, 1.82) is 0 Å². The molecule has 0 aromatic heterocycles. The molecule has 126 valence electrons. The quantitative estimate of drug-likeness (QED) is 0.860. The number of rotatable bonds is 4. The van der Waals surface area contributed by atoms with Crippen LogP contribution in [0.25, 0.3) is 0 Å². The Balaban J connectivity index is 0.00000208. The summed E-state index contributed by atoms with van der Waals surface area (Å²) >= 11 is 0. The third-order valence-corrected chi connectivity index (χ3v) is 3.72. The molecule has 3 rings (SSSR count). The van der Waals surface area contributed by atoms with Gasteiger partial charge in [-0.3, -0.25) is 14.5 Å². The maximum absolute atomic E-state index is 13.2. The van der Waals surface area contributed by atoms with Crippen LogP contribution in [-0.2, 0) is 6.42 Å². The fourth-order valence-electron chi connectivity index (χ4n) is 2.74. The van der Waals surface area contributed by atoms with Crippen molar-refractivity contribution in [3.63, 3.8) is 0 Å². The predicted molar refractivity (Wildman–Crippen MR) is 87.1 cm³/mol. The topological polar surface area (TPSA) is 63.4 Å². The van der Waals surface area contributed by atoms with E-state index in [9.17, 15) is 18.4 Å². The Hall–Kier alpha value is -2.31. The van der Waals surface area contributed by atoms with Crippen LogP contribution in [0.5, 0.6) is 0 Å². The standard InChI is InChI=1S/C17H14F2N2O2.ClH/c18-11-5-10(6-12(19)8-11)7-13(20)9-21-16(22)14-3-1-2-4-15(14)17(21)23;/h1-6,8,13H,7,9,20H2;1H/t13-;/m0./s1. The van der Waals surface area contributed by atoms with Crippen LogP contribution < -0.4 is 5.73 Å². The first-order valence-electron chi connectivity index (χ1n) is 7.11. The van der Waals surface area contributed by atoms with Gasteiger partial charge in [0.15, 0.2) is 0 Å². The zero-order valence-corrected chi connectivity index (χ0v) is 13.4. The van der Waals surface area contributed by atoms with Gasteiger partial charge in [-0.15, -0.1) is 12.4 Å². The molecule has 0 bridgehead atoms. The van der Waals surface area contributed by atoms with Gasteiger partial charge in [-0.25, -0.2) is 8.78 Å². The van der Waals surface area contributed by atoms with E-state index in [0.717, 1.165) is 11.0 Å². The summed E-state index contributed by atoms with van der Waals surface area (Å²) in [7, 11) is 0. The zero-order chi connectivity index (χ0) is 16.6. The van der Waals surface area contributed by atoms with E-state index in [1.807, 2.05) is 0 Å². The summed E-state index contributed by atoms with van der Waals surface area (Å²) in [6.07, 6.45) is 0.155. The number of amides is 2. The van der Waals surface area contributed by atoms with Crippen LogP contribution in [-0.4, -0.2) is 29.3 Å². The zero-order valence-electron chi connectivity index (χ0n) is 12.5. The molecule has 2 aromatic rings. The second-order valence-electron chi connectivity index (χ2n) is 5.51. The average molecular weight is 353 g/mol. The molecule has 0 unspecified atom stereocenters. The lowest BCUT2D eigenvalue weighted by Gasteiger charge is -2.19. The molecule has 2 N–H and O–H groups in total. The summed E-state index contributed by atoms with van der Waals surface area (Å²) in [5, 5.41) is 0. The molecule has 4 nitrogen and oxygen atoms in total. The minimum absolute atomic E-state index is 0. The molecule has 0 radical (unpaired) electrons. The third-order valence-electron chi connectivity index (χ3n) is 3.72. The SMILES string of the molecule is Cl.N[C@@H](Cc1cc(F)cc(F)c1)CN1C(=O)c2ccccc2C1=O. The van der Waals surface area contributed by atoms with Crippen molar-refractivity contribution in [2.24, 2.45) is 5.73 Å². The first-order valence-corrected chi connectivity index (χ1v) is 7.11. The van der Waals surface area contributed by atoms with Crippen molar-refractivity contribution in [3.8, 4) is 0 Å². The van der Waals surface area contributed by atoms with Gasteiger partial charge < -0.3 is 5.73 Å². The van der Waals surface area contributed by atoms with E-state index in [4.69, 9.17) is 5.73 Å². The molecule has 1 aliphatic rings. The van der Waals surface area contributed by atoms with Gasteiger partial charge in [0.1, 0.15) is 11.6 Å². The van der Waals surface area contributed by atoms with Crippen LogP contribution in [0.2, 0.25) is 0 Å². The van der Waals surface area contributed by atoms with Crippen molar-refractivity contribution in [2.75, 3.05) is 6.54 Å². The van der Waals surface area contributed by atoms with Crippen LogP contribution in [0, 0.1) is 11.6 Å². The lowest BCUT2D eigenvalue weighted by Crippen LogP contribution is -2.41. The first-order chi connectivity index (χ1) is 11.0. The molecule has 0 saturated carbocycles. The summed E-state index contributed by atoms with van der Waals surface area (Å²) < 4.78 is 26.4. The lowest BCUT2D eigenvalue weighted by atomic mass is 10.1. The Kier molecular flexibility index (Phi) is 5.31. The number of hydrogen-bond donors (Lipinski definition) is 1. The Morgan fingerprint density at radius 3 is 1.96 bits per heavy atom. The van der Waals surface area contributed by atoms with Gasteiger partial charge in [-0.1, -0.05) is 12.1 Å². The monoisotopic (exact) mass is 352 g/mol. The second-order valence-corrected chi connectivity index (χ2v) is 5.51. The fraction of sp³-hybridized carbons (Fsp3) is 0.176. The van der Waals surface area contributed by atoms with Gasteiger partial charge in [-0.05, 0) is 36.2 Å². The molecule has 1 aliphatic heterocycles. The largest absolute Gasteiger partial charge is 0.326 e. The Bertz CT molecular complexity index is 743. The van der Waals surface area contributed by atoms with Crippen molar-refractivity contribution in [3.05, 3.63) is 70.8 Å². The highest BCUT2D eigenvalue weighted by molar-refractivity contribution is 6.21. The molecule has 1 heterocycles. The molecular weight excluding hydrogens is 338 g/mol. The lowest BCUT2D eigenvalue weighted by molar-refractivity contribution is 0.0644. The Morgan fingerprint density at radius 1 is 0.958 bits per heavy atom. The summed E-state index contributed by atoms with van der Waals surface area (Å²) in [5.74, 6) is -2.17. The maximum atomic E-state index is 13.2. The number of carbonyl (C=O) groups excluding carboxylic acids is 2. The highest BCUT2D eigenvalue weighted by Crippen LogP contribution is 2.22. The van der Waals surface area contributed by atoms with Crippen LogP contribution in [0.4, 0.5) is 8.78 Å². The number of hydrogen-bond acceptors (Lipinski definition) is 3. The Labute approximate surface area is 143 Å². The van der Waals surface area contributed by atoms with Crippen LogP contribution in [0.15, 0.2) is 42.5 Å². The summed E-state index contributed by atoms with van der Waals surface area (Å²) in [6, 6.07) is 9.08. The number of carbonyl (C=O) groups is 2. The fourth-order valence-corrected chi connectivity index (χ4v) is 2.74. The van der Waals surface area contributed by atoms with E-state index in [2.05, 4.69) is 0 Å². The van der Waals surface area contributed by atoms with Crippen LogP contribution >= 0.6 is 12.4 Å². The molecule has 7 heteroatoms. The minimum atomic E-state index is -0.687. The molecule has 0 saturated heterocycles. The maximum Gasteiger partial charge on any atom is 0.261 e. The number of imide groups is 1. The molecule has 0 aliphatic carbocycles. The van der Waals surface area contributed by atoms with E-state index in [0.29, 0.717) is 16.7 Å². The van der Waals surface area contributed by atoms with Crippen LogP contribution in [0.3, 0.4) is 0 Å². The number of benzene rings is 2. The van der Waals surface area contributed by atoms with Crippen molar-refractivity contribution >= 4 is 24.2 Å². The van der Waals surface area contributed by atoms with Gasteiger partial charge in [0, 0.05) is 18.7 Å². The van der Waals surface area contributed by atoms with E-state index >= 15 is 0 Å². The molecule has 24 heavy (non-hydrogen) atoms. The predicted octanol–water partition coefficient (Wildman–Crippen LogP) is 2.55. The summed E-state index contributed by atoms with van der Waals surface area (Å²) in [5.41, 5.74) is 7.03. The number of nitrogens with two attached hydrogens (primary N) is 1. The average Bonchev–Trinajstić information content (AvgIpc) is 2.72. The molecule has 1 atom stereocenters. The number of halogens is 3. The number of nitrogens with zero attached hydrogens (tertiary/aromatic N) is 1. The minimum Gasteiger partial charge on any atom is -0.326 e. The van der Waals surface area contributed by atoms with Gasteiger partial charge in [-0.2, -0.15) is 0 Å². The third kappa shape index (κ3) is 3.44. The second kappa shape index (κ2) is 7.07. The van der Waals surface area contributed by atoms with Crippen molar-refractivity contribution in [1.82, 2.24) is 4.90 Å². The molecule has 2 aromatic carbocycles. The molecule has 0 fully saturated rings. The summed E-state index contributed by atoms with van der Waals surface area (Å²) in [4.78, 5) is 25.5. The number of fused-ring (bicyclic) bond motifs is 1. The van der Waals surface area contributed by atoms with Gasteiger partial charge in [0.2, 0.25) is 0 Å². The van der Waals surface area contributed by atoms with E-state index in [1.165, 1.54) is 12.1 Å². The Morgan fingerprint density at radius 2 is 1.46 bits per heavy atom. The highest BCUT2D eigenvalue weighted by Gasteiger charge is 2.35. The first kappa shape index (κ1) is 18.0. The van der Waals surface area contributed by atoms with Gasteiger partial charge in [0.05, 0.1) is 11.1 Å². The van der Waals surface area contributed by atoms with Gasteiger partial charge >= 0.3 is 0 Å². The summed E-state index contributed by atoms with van der Waals surface area (Å²) in [6.45, 7) is -0.00945. The highest BCUT2D eigenvalue weighted by atomic mass is 35.5. The molecule has 2 amide bonds. The smallest absolute Gasteiger partial charge is 0.261 e. The van der Waals surface area contributed by atoms with Crippen molar-refractivity contribution in [2.45, 2.75) is 12.5 Å². The van der Waals surface area contributed by atoms with Crippen molar-refractivity contribution < 1.29 is 18.4 Å². The molecular formula is C17H15ClF2N2O2. The van der Waals surface area contributed by atoms with E-state index < -0.39 is 29.5 Å². The van der Waals surface area contributed by atoms with Gasteiger partial charge in [0.25, 0.3) is 11.8 Å². The van der Waals surface area contributed by atoms with Crippen LogP contribution in [0.1, 0.15) is 26.3 Å². The van der Waals surface area contributed by atoms with E-state index in [1.54, 1.807) is 24.3 Å².